The number of aliphatic carboxylic acids is 1. The molecule has 0 spiro atoms. The Balaban J connectivity index is 0.000000296. The number of hydrogen-bond acceptors (Lipinski definition) is 9. The quantitative estimate of drug-likeness (QED) is 0.0370. The zero-order valence-corrected chi connectivity index (χ0v) is 59.6. The number of nitrogens with one attached hydrogen (secondary N) is 2. The number of esters is 1. The molecule has 0 bridgehead atoms. The van der Waals surface area contributed by atoms with Crippen molar-refractivity contribution in [2.45, 2.75) is 188 Å². The average Bonchev–Trinajstić information content (AvgIpc) is 0.771. The summed E-state index contributed by atoms with van der Waals surface area (Å²) < 4.78 is 267. The lowest BCUT2D eigenvalue weighted by atomic mass is 9.88. The SMILES string of the molecule is CCOC(=O)C[C@H](NC(=O)C(CC(C)(C)F)n1cc(CCN2CCC2)c(C(F)(F)F)cc1=O)c1c(F)c(C)cc(-c2c(C)cc(C(F)(F)F)cc2C)c1F.Cc1cc(-c2c(C)cc(C(F)(F)F)cc2C)c(F)c([C@H](CC(=O)O)NC(=O)C(CC(C)(C)F)n2cc(CCN3CCC3)c(C(F)(F)F)cc2=O)c1F. The summed E-state index contributed by atoms with van der Waals surface area (Å²) in [7, 11) is 0. The summed E-state index contributed by atoms with van der Waals surface area (Å²) in [5.74, 6) is -10.5. The molecule has 0 saturated carbocycles. The number of alkyl halides is 14. The third-order valence-electron chi connectivity index (χ3n) is 18.3. The molecular formula is C74H80F18N6O8. The first kappa shape index (κ1) is 84.6. The van der Waals surface area contributed by atoms with Crippen molar-refractivity contribution in [1.29, 1.82) is 0 Å². The Morgan fingerprint density at radius 3 is 1.08 bits per heavy atom. The molecule has 2 saturated heterocycles. The lowest BCUT2D eigenvalue weighted by Gasteiger charge is -2.31. The van der Waals surface area contributed by atoms with Gasteiger partial charge in [0.15, 0.2) is 0 Å². The molecule has 14 nitrogen and oxygen atoms in total. The number of pyridine rings is 2. The first-order valence-corrected chi connectivity index (χ1v) is 33.6. The van der Waals surface area contributed by atoms with Crippen LogP contribution in [0, 0.1) is 64.8 Å². The van der Waals surface area contributed by atoms with Gasteiger partial charge in [-0.3, -0.25) is 28.8 Å². The van der Waals surface area contributed by atoms with Gasteiger partial charge in [-0.15, -0.1) is 0 Å². The molecular weight excluding hydrogens is 1440 g/mol. The van der Waals surface area contributed by atoms with Crippen molar-refractivity contribution >= 4 is 23.8 Å². The minimum Gasteiger partial charge on any atom is -0.481 e. The molecule has 4 heterocycles. The summed E-state index contributed by atoms with van der Waals surface area (Å²) in [5.41, 5.74) is -15.5. The Bertz CT molecular complexity index is 4360. The summed E-state index contributed by atoms with van der Waals surface area (Å²) in [6.45, 7) is 16.1. The molecule has 4 aromatic carbocycles. The Labute approximate surface area is 598 Å². The van der Waals surface area contributed by atoms with Gasteiger partial charge in [-0.25, -0.2) is 26.3 Å². The van der Waals surface area contributed by atoms with Crippen molar-refractivity contribution < 1.29 is 108 Å². The summed E-state index contributed by atoms with van der Waals surface area (Å²) in [5, 5.41) is 14.2. The fraction of sp³-hybridized carbons (Fsp3) is 0.486. The molecule has 2 unspecified atom stereocenters. The van der Waals surface area contributed by atoms with Gasteiger partial charge in [0.2, 0.25) is 11.8 Å². The number of carbonyl (C=O) groups is 4. The second-order valence-corrected chi connectivity index (χ2v) is 27.9. The van der Waals surface area contributed by atoms with Crippen LogP contribution in [0.2, 0.25) is 0 Å². The fourth-order valence-electron chi connectivity index (χ4n) is 13.1. The molecule has 6 aromatic rings. The van der Waals surface area contributed by atoms with E-state index in [0.29, 0.717) is 41.4 Å². The standard InChI is InChI=1S/C38H42F9N3O4.C36H38F9N3O4/c1-7-54-30(52)17-27(32-33(39)22(4)15-25(34(32)40)31-20(2)13-24(14-21(31)3)37(42,43)44)48-35(53)28(18-36(5,6)41)50-19-23(9-12-49-10-8-11-49)26(16-29(50)51)38(45,46)47;1-18-11-22(35(40,41)42)12-19(2)29(18)23-13-20(3)31(37)30(32(23)38)25(15-28(50)51)46-33(52)26(16-34(4,5)39)48-17-21(7-10-47-8-6-9-47)24(14-27(48)49)36(43,44)45/h13-16,19,27-28H,7-12,17-18H2,1-6H3,(H,48,53);11-14,17,25-26H,6-10,15-16H2,1-5H3,(H,46,52)(H,50,51)/t27-,28?;25-,26?/m00/s1. The van der Waals surface area contributed by atoms with Gasteiger partial charge in [0.1, 0.15) is 46.7 Å². The number of hydrogen-bond donors (Lipinski definition) is 3. The van der Waals surface area contributed by atoms with Crippen molar-refractivity contribution in [1.82, 2.24) is 29.6 Å². The van der Waals surface area contributed by atoms with E-state index in [4.69, 9.17) is 4.74 Å². The van der Waals surface area contributed by atoms with E-state index in [2.05, 4.69) is 10.6 Å². The van der Waals surface area contributed by atoms with Gasteiger partial charge in [0, 0.05) is 72.7 Å². The lowest BCUT2D eigenvalue weighted by molar-refractivity contribution is -0.144. The molecule has 580 valence electrons. The number of nitrogens with zero attached hydrogens (tertiary/aromatic N) is 4. The van der Waals surface area contributed by atoms with E-state index in [1.54, 1.807) is 0 Å². The maximum atomic E-state index is 16.7. The number of likely N-dealkylation sites (tertiary alicyclic amines) is 2. The first-order chi connectivity index (χ1) is 48.8. The summed E-state index contributed by atoms with van der Waals surface area (Å²) in [6.07, 6.45) is -20.0. The molecule has 2 aliphatic heterocycles. The second kappa shape index (κ2) is 32.8. The van der Waals surface area contributed by atoms with E-state index < -0.39 is 183 Å². The van der Waals surface area contributed by atoms with Crippen molar-refractivity contribution in [2.24, 2.45) is 0 Å². The number of ether oxygens (including phenoxy) is 1. The summed E-state index contributed by atoms with van der Waals surface area (Å²) in [6, 6.07) is -1.91. The number of halogens is 18. The minimum absolute atomic E-state index is 0.00909. The number of carbonyl (C=O) groups excluding carboxylic acids is 3. The van der Waals surface area contributed by atoms with Crippen LogP contribution in [-0.2, 0) is 61.5 Å². The maximum absolute atomic E-state index is 16.7. The molecule has 0 radical (unpaired) electrons. The molecule has 2 aliphatic rings. The maximum Gasteiger partial charge on any atom is 0.416 e. The number of carboxylic acids is 1. The largest absolute Gasteiger partial charge is 0.481 e. The van der Waals surface area contributed by atoms with Gasteiger partial charge < -0.3 is 39.4 Å². The molecule has 106 heavy (non-hydrogen) atoms. The Kier molecular flexibility index (Phi) is 26.2. The Hall–Kier alpha value is -8.68. The van der Waals surface area contributed by atoms with E-state index in [-0.39, 0.29) is 99.8 Å². The number of aryl methyl sites for hydroxylation is 6. The van der Waals surface area contributed by atoms with Crippen molar-refractivity contribution in [3.8, 4) is 22.3 Å². The zero-order chi connectivity index (χ0) is 79.6. The predicted octanol–water partition coefficient (Wildman–Crippen LogP) is 16.5. The Morgan fingerprint density at radius 1 is 0.481 bits per heavy atom. The number of benzene rings is 4. The van der Waals surface area contributed by atoms with Gasteiger partial charge in [-0.05, 0) is 220 Å². The zero-order valence-electron chi connectivity index (χ0n) is 59.6. The third kappa shape index (κ3) is 20.7. The second-order valence-electron chi connectivity index (χ2n) is 27.9. The fourth-order valence-corrected chi connectivity index (χ4v) is 13.1. The van der Waals surface area contributed by atoms with E-state index in [1.165, 1.54) is 48.5 Å². The number of rotatable bonds is 25. The van der Waals surface area contributed by atoms with Crippen LogP contribution in [0.3, 0.4) is 0 Å². The van der Waals surface area contributed by atoms with Crippen LogP contribution in [0.25, 0.3) is 22.3 Å². The normalized spacial score (nSPS) is 15.2. The van der Waals surface area contributed by atoms with Crippen molar-refractivity contribution in [2.75, 3.05) is 45.9 Å². The molecule has 2 fully saturated rings. The van der Waals surface area contributed by atoms with E-state index in [9.17, 15) is 86.6 Å². The molecule has 4 atom stereocenters. The van der Waals surface area contributed by atoms with Crippen LogP contribution in [0.15, 0.2) is 70.5 Å². The number of carboxylic acid groups (broad SMARTS) is 1. The molecule has 2 amide bonds. The molecule has 0 aliphatic carbocycles. The first-order valence-electron chi connectivity index (χ1n) is 33.6. The minimum atomic E-state index is -4.95. The highest BCUT2D eigenvalue weighted by atomic mass is 19.4. The highest BCUT2D eigenvalue weighted by Gasteiger charge is 2.42. The highest BCUT2D eigenvalue weighted by molar-refractivity contribution is 5.84. The van der Waals surface area contributed by atoms with Crippen LogP contribution in [0.5, 0.6) is 0 Å². The van der Waals surface area contributed by atoms with Gasteiger partial charge >= 0.3 is 36.6 Å². The Morgan fingerprint density at radius 2 is 0.811 bits per heavy atom. The van der Waals surface area contributed by atoms with E-state index in [0.717, 1.165) is 89.3 Å². The van der Waals surface area contributed by atoms with Crippen LogP contribution in [0.4, 0.5) is 79.0 Å². The number of amides is 2. The summed E-state index contributed by atoms with van der Waals surface area (Å²) in [4.78, 5) is 83.1. The smallest absolute Gasteiger partial charge is 0.416 e. The molecule has 32 heteroatoms. The van der Waals surface area contributed by atoms with Crippen LogP contribution in [-0.4, -0.2) is 105 Å². The monoisotopic (exact) mass is 1520 g/mol. The van der Waals surface area contributed by atoms with Crippen LogP contribution >= 0.6 is 0 Å². The predicted molar refractivity (Wildman–Crippen MR) is 356 cm³/mol. The molecule has 2 aromatic heterocycles. The molecule has 3 N–H and O–H groups in total. The van der Waals surface area contributed by atoms with Crippen LogP contribution < -0.4 is 21.8 Å². The van der Waals surface area contributed by atoms with Crippen LogP contribution in [0.1, 0.15) is 175 Å². The van der Waals surface area contributed by atoms with Gasteiger partial charge in [0.05, 0.1) is 53.8 Å². The highest BCUT2D eigenvalue weighted by Crippen LogP contribution is 2.44. The molecule has 8 rings (SSSR count). The van der Waals surface area contributed by atoms with Crippen molar-refractivity contribution in [3.05, 3.63) is 183 Å². The number of aromatic nitrogens is 2. The van der Waals surface area contributed by atoms with Crippen molar-refractivity contribution in [3.63, 3.8) is 0 Å². The van der Waals surface area contributed by atoms with Gasteiger partial charge in [-0.1, -0.05) is 0 Å². The van der Waals surface area contributed by atoms with E-state index >= 15 is 26.3 Å². The van der Waals surface area contributed by atoms with Gasteiger partial charge in [-0.2, -0.15) is 52.7 Å². The average molecular weight is 1520 g/mol. The lowest BCUT2D eigenvalue weighted by Crippen LogP contribution is -2.43. The third-order valence-corrected chi connectivity index (χ3v) is 18.3. The summed E-state index contributed by atoms with van der Waals surface area (Å²) >= 11 is 0. The topological polar surface area (TPSA) is 172 Å². The van der Waals surface area contributed by atoms with Gasteiger partial charge in [0.25, 0.3) is 11.1 Å². The van der Waals surface area contributed by atoms with E-state index in [1.807, 2.05) is 9.80 Å².